The summed E-state index contributed by atoms with van der Waals surface area (Å²) < 4.78 is 0. The molecule has 2 heterocycles. The van der Waals surface area contributed by atoms with Gasteiger partial charge in [-0.15, -0.1) is 22.7 Å². The van der Waals surface area contributed by atoms with Crippen LogP contribution in [0.5, 0.6) is 0 Å². The molecule has 0 unspecified atom stereocenters. The Kier molecular flexibility index (Phi) is 3.36. The fourth-order valence-corrected chi connectivity index (χ4v) is 3.74. The summed E-state index contributed by atoms with van der Waals surface area (Å²) in [7, 11) is 0. The molecule has 0 aliphatic heterocycles. The Balaban J connectivity index is 1.75. The highest BCUT2D eigenvalue weighted by atomic mass is 32.1. The van der Waals surface area contributed by atoms with Crippen LogP contribution < -0.4 is 5.32 Å². The largest absolute Gasteiger partial charge is 0.302 e. The number of hydrogen-bond acceptors (Lipinski definition) is 5. The molecule has 1 aliphatic carbocycles. The van der Waals surface area contributed by atoms with Crippen LogP contribution in [-0.4, -0.2) is 15.9 Å². The summed E-state index contributed by atoms with van der Waals surface area (Å²) >= 11 is 3.12. The van der Waals surface area contributed by atoms with E-state index >= 15 is 0 Å². The topological polar surface area (TPSA) is 54.9 Å². The van der Waals surface area contributed by atoms with Crippen molar-refractivity contribution in [3.63, 3.8) is 0 Å². The average molecular weight is 293 g/mol. The molecule has 1 N–H and O–H groups in total. The molecule has 6 heteroatoms. The van der Waals surface area contributed by atoms with Gasteiger partial charge in [0.1, 0.15) is 0 Å². The van der Waals surface area contributed by atoms with Crippen molar-refractivity contribution in [3.8, 4) is 10.6 Å². The zero-order chi connectivity index (χ0) is 13.4. The van der Waals surface area contributed by atoms with Gasteiger partial charge in [0.15, 0.2) is 5.13 Å². The first-order valence-corrected chi connectivity index (χ1v) is 8.04. The van der Waals surface area contributed by atoms with E-state index in [0.29, 0.717) is 5.13 Å². The molecule has 0 spiro atoms. The lowest BCUT2D eigenvalue weighted by Crippen LogP contribution is -2.27. The van der Waals surface area contributed by atoms with Gasteiger partial charge in [-0.1, -0.05) is 6.42 Å². The van der Waals surface area contributed by atoms with Gasteiger partial charge in [0.05, 0.1) is 21.3 Å². The quantitative estimate of drug-likeness (QED) is 0.940. The summed E-state index contributed by atoms with van der Waals surface area (Å²) in [4.78, 5) is 21.8. The van der Waals surface area contributed by atoms with Gasteiger partial charge in [0, 0.05) is 11.3 Å². The van der Waals surface area contributed by atoms with Crippen LogP contribution in [0.2, 0.25) is 0 Å². The Bertz CT molecular complexity index is 613. The van der Waals surface area contributed by atoms with Crippen LogP contribution in [0.3, 0.4) is 0 Å². The first-order chi connectivity index (χ1) is 9.13. The van der Waals surface area contributed by atoms with E-state index in [1.54, 1.807) is 11.3 Å². The van der Waals surface area contributed by atoms with Crippen LogP contribution in [0.1, 0.15) is 30.0 Å². The Labute approximate surface area is 119 Å². The van der Waals surface area contributed by atoms with E-state index in [1.807, 2.05) is 19.2 Å². The van der Waals surface area contributed by atoms with Gasteiger partial charge in [-0.3, -0.25) is 4.79 Å². The van der Waals surface area contributed by atoms with Crippen molar-refractivity contribution in [1.29, 1.82) is 0 Å². The van der Waals surface area contributed by atoms with E-state index in [0.717, 1.165) is 34.1 Å². The fourth-order valence-electron chi connectivity index (χ4n) is 2.08. The number of amides is 1. The number of thiazole rings is 2. The maximum atomic E-state index is 11.9. The van der Waals surface area contributed by atoms with E-state index in [4.69, 9.17) is 0 Å². The third-order valence-corrected chi connectivity index (χ3v) is 5.20. The summed E-state index contributed by atoms with van der Waals surface area (Å²) in [6, 6.07) is 0. The molecule has 2 aromatic rings. The van der Waals surface area contributed by atoms with Crippen molar-refractivity contribution in [3.05, 3.63) is 16.1 Å². The monoisotopic (exact) mass is 293 g/mol. The van der Waals surface area contributed by atoms with Crippen LogP contribution in [-0.2, 0) is 4.79 Å². The SMILES string of the molecule is Cc1nc(C)c(-c2csc(NC(=O)C3CCC3)n2)s1. The second-order valence-electron chi connectivity index (χ2n) is 4.80. The normalized spacial score (nSPS) is 15.3. The minimum atomic E-state index is 0.115. The Morgan fingerprint density at radius 3 is 2.74 bits per heavy atom. The molecule has 0 radical (unpaired) electrons. The molecule has 19 heavy (non-hydrogen) atoms. The molecule has 1 amide bonds. The molecule has 1 fully saturated rings. The standard InChI is InChI=1S/C13H15N3OS2/c1-7-11(19-8(2)14-7)10-6-18-13(15-10)16-12(17)9-4-3-5-9/h6,9H,3-5H2,1-2H3,(H,15,16,17). The van der Waals surface area contributed by atoms with Crippen molar-refractivity contribution in [2.75, 3.05) is 5.32 Å². The van der Waals surface area contributed by atoms with Gasteiger partial charge in [0.25, 0.3) is 0 Å². The molecule has 0 atom stereocenters. The Morgan fingerprint density at radius 2 is 2.16 bits per heavy atom. The smallest absolute Gasteiger partial charge is 0.229 e. The number of nitrogens with one attached hydrogen (secondary N) is 1. The molecule has 4 nitrogen and oxygen atoms in total. The second-order valence-corrected chi connectivity index (χ2v) is 6.86. The Morgan fingerprint density at radius 1 is 1.37 bits per heavy atom. The number of hydrogen-bond donors (Lipinski definition) is 1. The maximum absolute atomic E-state index is 11.9. The number of carbonyl (C=O) groups is 1. The van der Waals surface area contributed by atoms with Crippen molar-refractivity contribution < 1.29 is 4.79 Å². The average Bonchev–Trinajstić information content (AvgIpc) is 2.82. The molecule has 0 saturated heterocycles. The molecule has 0 bridgehead atoms. The van der Waals surface area contributed by atoms with Gasteiger partial charge < -0.3 is 5.32 Å². The van der Waals surface area contributed by atoms with Crippen LogP contribution in [0.4, 0.5) is 5.13 Å². The molecule has 1 saturated carbocycles. The number of anilines is 1. The maximum Gasteiger partial charge on any atom is 0.229 e. The highest BCUT2D eigenvalue weighted by Gasteiger charge is 2.25. The summed E-state index contributed by atoms with van der Waals surface area (Å²) in [6.07, 6.45) is 3.19. The zero-order valence-corrected chi connectivity index (χ0v) is 12.5. The third-order valence-electron chi connectivity index (χ3n) is 3.35. The minimum Gasteiger partial charge on any atom is -0.302 e. The number of carbonyl (C=O) groups excluding carboxylic acids is 1. The summed E-state index contributed by atoms with van der Waals surface area (Å²) in [5, 5.41) is 6.63. The van der Waals surface area contributed by atoms with Crippen molar-refractivity contribution >= 4 is 33.7 Å². The number of aryl methyl sites for hydroxylation is 2. The zero-order valence-electron chi connectivity index (χ0n) is 10.9. The van der Waals surface area contributed by atoms with E-state index in [1.165, 1.54) is 17.8 Å². The first kappa shape index (κ1) is 12.7. The predicted octanol–water partition coefficient (Wildman–Crippen LogP) is 3.62. The molecule has 3 rings (SSSR count). The number of nitrogens with zero attached hydrogens (tertiary/aromatic N) is 2. The first-order valence-electron chi connectivity index (χ1n) is 6.34. The lowest BCUT2D eigenvalue weighted by Gasteiger charge is -2.23. The third kappa shape index (κ3) is 2.55. The predicted molar refractivity (Wildman–Crippen MR) is 78.7 cm³/mol. The molecule has 100 valence electrons. The van der Waals surface area contributed by atoms with Crippen molar-refractivity contribution in [1.82, 2.24) is 9.97 Å². The molecular formula is C13H15N3OS2. The van der Waals surface area contributed by atoms with Gasteiger partial charge in [-0.2, -0.15) is 0 Å². The van der Waals surface area contributed by atoms with Gasteiger partial charge in [0.2, 0.25) is 5.91 Å². The van der Waals surface area contributed by atoms with Crippen molar-refractivity contribution in [2.45, 2.75) is 33.1 Å². The van der Waals surface area contributed by atoms with E-state index in [-0.39, 0.29) is 11.8 Å². The summed E-state index contributed by atoms with van der Waals surface area (Å²) in [5.74, 6) is 0.309. The molecule has 0 aromatic carbocycles. The van der Waals surface area contributed by atoms with Crippen LogP contribution in [0.15, 0.2) is 5.38 Å². The molecule has 1 aliphatic rings. The highest BCUT2D eigenvalue weighted by molar-refractivity contribution is 7.16. The lowest BCUT2D eigenvalue weighted by molar-refractivity contribution is -0.122. The molecular weight excluding hydrogens is 278 g/mol. The number of rotatable bonds is 3. The molecule has 2 aromatic heterocycles. The van der Waals surface area contributed by atoms with Crippen LogP contribution in [0.25, 0.3) is 10.6 Å². The van der Waals surface area contributed by atoms with Gasteiger partial charge >= 0.3 is 0 Å². The summed E-state index contributed by atoms with van der Waals surface area (Å²) in [6.45, 7) is 3.98. The highest BCUT2D eigenvalue weighted by Crippen LogP contribution is 2.33. The van der Waals surface area contributed by atoms with Gasteiger partial charge in [-0.25, -0.2) is 9.97 Å². The van der Waals surface area contributed by atoms with E-state index < -0.39 is 0 Å². The second kappa shape index (κ2) is 5.02. The fraction of sp³-hybridized carbons (Fsp3) is 0.462. The minimum absolute atomic E-state index is 0.115. The Hall–Kier alpha value is -1.27. The lowest BCUT2D eigenvalue weighted by atomic mass is 9.85. The van der Waals surface area contributed by atoms with E-state index in [9.17, 15) is 4.79 Å². The summed E-state index contributed by atoms with van der Waals surface area (Å²) in [5.41, 5.74) is 1.92. The van der Waals surface area contributed by atoms with Gasteiger partial charge in [-0.05, 0) is 26.7 Å². The van der Waals surface area contributed by atoms with E-state index in [2.05, 4.69) is 15.3 Å². The van der Waals surface area contributed by atoms with Crippen molar-refractivity contribution in [2.24, 2.45) is 5.92 Å². The van der Waals surface area contributed by atoms with Crippen LogP contribution >= 0.6 is 22.7 Å². The van der Waals surface area contributed by atoms with Crippen LogP contribution in [0, 0.1) is 19.8 Å². The number of aromatic nitrogens is 2.